The Balaban J connectivity index is 1.47. The molecule has 6 rings (SSSR count). The summed E-state index contributed by atoms with van der Waals surface area (Å²) in [6.45, 7) is 2.14. The van der Waals surface area contributed by atoms with Gasteiger partial charge < -0.3 is 10.3 Å². The maximum absolute atomic E-state index is 13.8. The van der Waals surface area contributed by atoms with Crippen molar-refractivity contribution in [3.8, 4) is 22.5 Å². The number of hydrogen-bond acceptors (Lipinski definition) is 3. The summed E-state index contributed by atoms with van der Waals surface area (Å²) in [4.78, 5) is 7.83. The van der Waals surface area contributed by atoms with Crippen LogP contribution in [0.1, 0.15) is 24.3 Å². The van der Waals surface area contributed by atoms with Gasteiger partial charge >= 0.3 is 0 Å². The maximum Gasteiger partial charge on any atom is 0.123 e. The molecular weight excluding hydrogens is 389 g/mol. The van der Waals surface area contributed by atoms with Gasteiger partial charge in [-0.15, -0.1) is 0 Å². The molecule has 154 valence electrons. The van der Waals surface area contributed by atoms with Crippen LogP contribution in [0, 0.1) is 5.82 Å². The molecule has 1 aliphatic rings. The molecule has 0 spiro atoms. The number of aromatic amines is 2. The first kappa shape index (κ1) is 18.3. The van der Waals surface area contributed by atoms with Crippen molar-refractivity contribution >= 4 is 21.8 Å². The van der Waals surface area contributed by atoms with Crippen LogP contribution >= 0.6 is 0 Å². The third-order valence-electron chi connectivity index (χ3n) is 6.33. The van der Waals surface area contributed by atoms with E-state index in [-0.39, 0.29) is 5.82 Å². The van der Waals surface area contributed by atoms with Crippen molar-refractivity contribution in [2.45, 2.75) is 18.8 Å². The van der Waals surface area contributed by atoms with Gasteiger partial charge in [0.1, 0.15) is 11.5 Å². The van der Waals surface area contributed by atoms with E-state index in [2.05, 4.69) is 49.7 Å². The standard InChI is InChI=1S/C25H22FN5/c26-18-3-1-2-17(10-18)21-13-28-14-24-19(21)12-23(29-24)25-20-11-16(4-5-22(20)30-31-25)15-6-8-27-9-7-15/h1-5,10-15,27,29H,6-9H2,(H,30,31). The van der Waals surface area contributed by atoms with Gasteiger partial charge in [-0.3, -0.25) is 10.1 Å². The summed E-state index contributed by atoms with van der Waals surface area (Å²) in [7, 11) is 0. The normalized spacial score (nSPS) is 15.1. The molecule has 0 atom stereocenters. The molecule has 0 saturated carbocycles. The maximum atomic E-state index is 13.8. The second-order valence-corrected chi connectivity index (χ2v) is 8.24. The number of fused-ring (bicyclic) bond motifs is 2. The van der Waals surface area contributed by atoms with Gasteiger partial charge in [0.2, 0.25) is 0 Å². The third kappa shape index (κ3) is 3.20. The summed E-state index contributed by atoms with van der Waals surface area (Å²) >= 11 is 0. The van der Waals surface area contributed by atoms with Crippen LogP contribution in [-0.2, 0) is 0 Å². The second-order valence-electron chi connectivity index (χ2n) is 8.24. The number of pyridine rings is 1. The second kappa shape index (κ2) is 7.32. The van der Waals surface area contributed by atoms with Crippen LogP contribution < -0.4 is 5.32 Å². The zero-order chi connectivity index (χ0) is 20.8. The van der Waals surface area contributed by atoms with Crippen LogP contribution in [0.5, 0.6) is 0 Å². The van der Waals surface area contributed by atoms with Crippen LogP contribution in [0.2, 0.25) is 0 Å². The van der Waals surface area contributed by atoms with Crippen molar-refractivity contribution < 1.29 is 4.39 Å². The highest BCUT2D eigenvalue weighted by Crippen LogP contribution is 2.35. The number of H-pyrrole nitrogens is 2. The third-order valence-corrected chi connectivity index (χ3v) is 6.33. The molecular formula is C25H22FN5. The zero-order valence-electron chi connectivity index (χ0n) is 17.0. The van der Waals surface area contributed by atoms with Gasteiger partial charge in [0.25, 0.3) is 0 Å². The molecule has 5 nitrogen and oxygen atoms in total. The SMILES string of the molecule is Fc1cccc(-c2cncc3[nH]c(-c4n[nH]c5ccc(C6CCNCC6)cc45)cc23)c1. The van der Waals surface area contributed by atoms with E-state index in [1.807, 2.05) is 6.07 Å². The molecule has 0 bridgehead atoms. The van der Waals surface area contributed by atoms with E-state index in [1.165, 1.54) is 11.6 Å². The Hall–Kier alpha value is -3.51. The Bertz CT molecular complexity index is 1390. The molecule has 1 saturated heterocycles. The van der Waals surface area contributed by atoms with Crippen molar-refractivity contribution in [3.05, 3.63) is 72.3 Å². The quantitative estimate of drug-likeness (QED) is 0.373. The first-order chi connectivity index (χ1) is 15.3. The van der Waals surface area contributed by atoms with Gasteiger partial charge in [-0.1, -0.05) is 18.2 Å². The summed E-state index contributed by atoms with van der Waals surface area (Å²) in [6, 6.07) is 15.3. The topological polar surface area (TPSA) is 69.4 Å². The summed E-state index contributed by atoms with van der Waals surface area (Å²) in [5.74, 6) is 0.328. The van der Waals surface area contributed by atoms with E-state index in [0.29, 0.717) is 5.92 Å². The van der Waals surface area contributed by atoms with E-state index in [9.17, 15) is 4.39 Å². The van der Waals surface area contributed by atoms with E-state index >= 15 is 0 Å². The molecule has 31 heavy (non-hydrogen) atoms. The largest absolute Gasteiger partial charge is 0.352 e. The van der Waals surface area contributed by atoms with Crippen LogP contribution in [0.15, 0.2) is 60.9 Å². The molecule has 1 fully saturated rings. The highest BCUT2D eigenvalue weighted by molar-refractivity contribution is 6.00. The monoisotopic (exact) mass is 411 g/mol. The number of halogens is 1. The number of aromatic nitrogens is 4. The lowest BCUT2D eigenvalue weighted by Gasteiger charge is -2.23. The van der Waals surface area contributed by atoms with Gasteiger partial charge in [-0.2, -0.15) is 5.10 Å². The van der Waals surface area contributed by atoms with Crippen LogP contribution in [0.3, 0.4) is 0 Å². The number of piperidine rings is 1. The molecule has 4 heterocycles. The predicted molar refractivity (Wildman–Crippen MR) is 121 cm³/mol. The first-order valence-corrected chi connectivity index (χ1v) is 10.7. The van der Waals surface area contributed by atoms with Gasteiger partial charge in [-0.25, -0.2) is 4.39 Å². The number of benzene rings is 2. The highest BCUT2D eigenvalue weighted by Gasteiger charge is 2.18. The number of hydrogen-bond donors (Lipinski definition) is 3. The number of rotatable bonds is 3. The fourth-order valence-electron chi connectivity index (χ4n) is 4.71. The Morgan fingerprint density at radius 1 is 0.903 bits per heavy atom. The van der Waals surface area contributed by atoms with E-state index in [4.69, 9.17) is 0 Å². The average molecular weight is 411 g/mol. The minimum absolute atomic E-state index is 0.256. The molecule has 3 aromatic heterocycles. The lowest BCUT2D eigenvalue weighted by Crippen LogP contribution is -2.26. The molecule has 1 aliphatic heterocycles. The smallest absolute Gasteiger partial charge is 0.123 e. The molecule has 0 amide bonds. The zero-order valence-corrected chi connectivity index (χ0v) is 17.0. The van der Waals surface area contributed by atoms with E-state index in [0.717, 1.165) is 70.3 Å². The fourth-order valence-corrected chi connectivity index (χ4v) is 4.71. The fraction of sp³-hybridized carbons (Fsp3) is 0.200. The molecule has 3 N–H and O–H groups in total. The summed E-state index contributed by atoms with van der Waals surface area (Å²) < 4.78 is 13.8. The predicted octanol–water partition coefficient (Wildman–Crippen LogP) is 5.38. The van der Waals surface area contributed by atoms with Gasteiger partial charge in [0.05, 0.1) is 22.9 Å². The minimum atomic E-state index is -0.256. The molecule has 0 radical (unpaired) electrons. The Morgan fingerprint density at radius 3 is 2.68 bits per heavy atom. The van der Waals surface area contributed by atoms with Crippen molar-refractivity contribution in [1.29, 1.82) is 0 Å². The van der Waals surface area contributed by atoms with Crippen molar-refractivity contribution in [2.75, 3.05) is 13.1 Å². The van der Waals surface area contributed by atoms with Gasteiger partial charge in [0.15, 0.2) is 0 Å². The lowest BCUT2D eigenvalue weighted by atomic mass is 9.89. The van der Waals surface area contributed by atoms with Gasteiger partial charge in [0, 0.05) is 22.5 Å². The summed E-state index contributed by atoms with van der Waals surface area (Å²) in [5.41, 5.74) is 6.83. The van der Waals surface area contributed by atoms with E-state index < -0.39 is 0 Å². The van der Waals surface area contributed by atoms with Crippen molar-refractivity contribution in [2.24, 2.45) is 0 Å². The van der Waals surface area contributed by atoms with E-state index in [1.54, 1.807) is 24.5 Å². The Labute approximate surface area is 178 Å². The van der Waals surface area contributed by atoms with Crippen LogP contribution in [0.25, 0.3) is 44.3 Å². The van der Waals surface area contributed by atoms with Crippen LogP contribution in [0.4, 0.5) is 4.39 Å². The highest BCUT2D eigenvalue weighted by atomic mass is 19.1. The van der Waals surface area contributed by atoms with Crippen molar-refractivity contribution in [1.82, 2.24) is 25.5 Å². The molecule has 0 unspecified atom stereocenters. The van der Waals surface area contributed by atoms with Crippen molar-refractivity contribution in [3.63, 3.8) is 0 Å². The lowest BCUT2D eigenvalue weighted by molar-refractivity contribution is 0.460. The minimum Gasteiger partial charge on any atom is -0.352 e. The molecule has 5 aromatic rings. The first-order valence-electron chi connectivity index (χ1n) is 10.7. The molecule has 6 heteroatoms. The Kier molecular flexibility index (Phi) is 4.32. The summed E-state index contributed by atoms with van der Waals surface area (Å²) in [5, 5.41) is 13.3. The van der Waals surface area contributed by atoms with Crippen LogP contribution in [-0.4, -0.2) is 33.3 Å². The summed E-state index contributed by atoms with van der Waals surface area (Å²) in [6.07, 6.45) is 5.91. The molecule has 0 aliphatic carbocycles. The number of nitrogens with zero attached hydrogens (tertiary/aromatic N) is 2. The number of nitrogens with one attached hydrogen (secondary N) is 3. The molecule has 2 aromatic carbocycles. The average Bonchev–Trinajstić information content (AvgIpc) is 3.43. The Morgan fingerprint density at radius 2 is 1.81 bits per heavy atom. The van der Waals surface area contributed by atoms with Gasteiger partial charge in [-0.05, 0) is 73.3 Å².